The van der Waals surface area contributed by atoms with Crippen molar-refractivity contribution in [1.29, 1.82) is 0 Å². The molecule has 0 aliphatic rings. The second kappa shape index (κ2) is 6.46. The molecule has 0 bridgehead atoms. The van der Waals surface area contributed by atoms with Gasteiger partial charge in [-0.05, 0) is 34.0 Å². The number of alkyl halides is 3. The summed E-state index contributed by atoms with van der Waals surface area (Å²) in [5, 5.41) is 13.6. The van der Waals surface area contributed by atoms with E-state index in [-0.39, 0.29) is 5.56 Å². The molecule has 2 aromatic rings. The Bertz CT molecular complexity index is 648. The van der Waals surface area contributed by atoms with E-state index in [4.69, 9.17) is 0 Å². The zero-order valence-electron chi connectivity index (χ0n) is 11.4. The molecule has 0 fully saturated rings. The Labute approximate surface area is 129 Å². The fraction of sp³-hybridized carbons (Fsp3) is 0.188. The first-order chi connectivity index (χ1) is 10.3. The molecule has 22 heavy (non-hydrogen) atoms. The number of carbonyl (C=O) groups is 1. The monoisotopic (exact) mass is 326 g/mol. The van der Waals surface area contributed by atoms with Crippen LogP contribution in [0.25, 0.3) is 6.08 Å². The van der Waals surface area contributed by atoms with Crippen molar-refractivity contribution >= 4 is 23.2 Å². The van der Waals surface area contributed by atoms with Crippen molar-refractivity contribution in [3.8, 4) is 0 Å². The van der Waals surface area contributed by atoms with Gasteiger partial charge in [-0.15, -0.1) is 0 Å². The van der Waals surface area contributed by atoms with Gasteiger partial charge in [-0.3, -0.25) is 4.79 Å². The summed E-state index contributed by atoms with van der Waals surface area (Å²) in [6, 6.07) is 8.36. The maximum absolute atomic E-state index is 13.2. The number of aliphatic hydroxyl groups is 1. The van der Waals surface area contributed by atoms with Crippen LogP contribution in [0.15, 0.2) is 53.2 Å². The summed E-state index contributed by atoms with van der Waals surface area (Å²) in [4.78, 5) is 11.8. The van der Waals surface area contributed by atoms with Gasteiger partial charge in [-0.1, -0.05) is 36.4 Å². The lowest BCUT2D eigenvalue weighted by molar-refractivity contribution is -0.266. The van der Waals surface area contributed by atoms with Crippen LogP contribution in [-0.2, 0) is 10.4 Å². The van der Waals surface area contributed by atoms with E-state index in [0.29, 0.717) is 0 Å². The van der Waals surface area contributed by atoms with Crippen LogP contribution in [0.3, 0.4) is 0 Å². The normalized spacial score (nSPS) is 14.9. The zero-order chi connectivity index (χ0) is 16.2. The van der Waals surface area contributed by atoms with Crippen molar-refractivity contribution in [2.24, 2.45) is 0 Å². The molecular weight excluding hydrogens is 313 g/mol. The summed E-state index contributed by atoms with van der Waals surface area (Å²) in [5.41, 5.74) is -2.81. The Kier molecular flexibility index (Phi) is 4.83. The highest BCUT2D eigenvalue weighted by atomic mass is 32.1. The molecule has 1 heterocycles. The van der Waals surface area contributed by atoms with Gasteiger partial charge in [0.1, 0.15) is 0 Å². The molecule has 1 N–H and O–H groups in total. The van der Waals surface area contributed by atoms with Crippen LogP contribution in [0.2, 0.25) is 0 Å². The molecule has 2 rings (SSSR count). The van der Waals surface area contributed by atoms with Gasteiger partial charge in [0, 0.05) is 0 Å². The standard InChI is InChI=1S/C16H13F3O2S/c17-16(18,19)15(21,13-4-2-1-3-5-13)10-14(20)7-6-12-8-9-22-11-12/h1-9,11,21H,10H2/b7-6+/t15-/m0/s1. The highest BCUT2D eigenvalue weighted by molar-refractivity contribution is 7.08. The summed E-state index contributed by atoms with van der Waals surface area (Å²) in [6.07, 6.45) is -3.51. The molecule has 6 heteroatoms. The van der Waals surface area contributed by atoms with E-state index >= 15 is 0 Å². The average Bonchev–Trinajstić information content (AvgIpc) is 2.98. The summed E-state index contributed by atoms with van der Waals surface area (Å²) in [6.45, 7) is 0. The lowest BCUT2D eigenvalue weighted by atomic mass is 9.88. The first-order valence-corrected chi connectivity index (χ1v) is 7.35. The van der Waals surface area contributed by atoms with Crippen molar-refractivity contribution in [3.05, 3.63) is 64.4 Å². The number of hydrogen-bond donors (Lipinski definition) is 1. The fourth-order valence-corrected chi connectivity index (χ4v) is 2.58. The summed E-state index contributed by atoms with van der Waals surface area (Å²) < 4.78 is 39.7. The van der Waals surface area contributed by atoms with Crippen LogP contribution in [-0.4, -0.2) is 17.1 Å². The number of halogens is 3. The minimum atomic E-state index is -4.94. The molecule has 1 aromatic carbocycles. The highest BCUT2D eigenvalue weighted by Gasteiger charge is 2.55. The van der Waals surface area contributed by atoms with Crippen molar-refractivity contribution in [2.75, 3.05) is 0 Å². The third-order valence-electron chi connectivity index (χ3n) is 3.16. The number of carbonyl (C=O) groups excluding carboxylic acids is 1. The first kappa shape index (κ1) is 16.5. The fourth-order valence-electron chi connectivity index (χ4n) is 1.95. The third-order valence-corrected chi connectivity index (χ3v) is 3.86. The first-order valence-electron chi connectivity index (χ1n) is 6.41. The molecular formula is C16H13F3O2S. The number of benzene rings is 1. The van der Waals surface area contributed by atoms with Crippen molar-refractivity contribution in [2.45, 2.75) is 18.2 Å². The Morgan fingerprint density at radius 1 is 1.18 bits per heavy atom. The maximum atomic E-state index is 13.2. The molecule has 0 spiro atoms. The van der Waals surface area contributed by atoms with Crippen molar-refractivity contribution < 1.29 is 23.1 Å². The van der Waals surface area contributed by atoms with E-state index < -0.39 is 24.0 Å². The molecule has 0 aliphatic carbocycles. The predicted octanol–water partition coefficient (Wildman–Crippen LogP) is 4.17. The number of rotatable bonds is 5. The molecule has 0 amide bonds. The predicted molar refractivity (Wildman–Crippen MR) is 79.4 cm³/mol. The van der Waals surface area contributed by atoms with Gasteiger partial charge in [0.2, 0.25) is 0 Å². The quantitative estimate of drug-likeness (QED) is 0.837. The second-order valence-corrected chi connectivity index (χ2v) is 5.54. The topological polar surface area (TPSA) is 37.3 Å². The summed E-state index contributed by atoms with van der Waals surface area (Å²) in [5.74, 6) is -0.796. The average molecular weight is 326 g/mol. The molecule has 116 valence electrons. The van der Waals surface area contributed by atoms with Crippen molar-refractivity contribution in [1.82, 2.24) is 0 Å². The van der Waals surface area contributed by atoms with Gasteiger partial charge < -0.3 is 5.11 Å². The van der Waals surface area contributed by atoms with Crippen LogP contribution in [0.5, 0.6) is 0 Å². The van der Waals surface area contributed by atoms with Gasteiger partial charge in [0.05, 0.1) is 6.42 Å². The third kappa shape index (κ3) is 3.64. The molecule has 1 aromatic heterocycles. The molecule has 0 saturated carbocycles. The Morgan fingerprint density at radius 3 is 2.41 bits per heavy atom. The van der Waals surface area contributed by atoms with E-state index in [0.717, 1.165) is 23.8 Å². The summed E-state index contributed by atoms with van der Waals surface area (Å²) >= 11 is 1.41. The molecule has 0 unspecified atom stereocenters. The van der Waals surface area contributed by atoms with E-state index in [2.05, 4.69) is 0 Å². The number of thiophene rings is 1. The second-order valence-electron chi connectivity index (χ2n) is 4.76. The molecule has 1 atom stereocenters. The van der Waals surface area contributed by atoms with Crippen molar-refractivity contribution in [3.63, 3.8) is 0 Å². The van der Waals surface area contributed by atoms with E-state index in [9.17, 15) is 23.1 Å². The van der Waals surface area contributed by atoms with Gasteiger partial charge >= 0.3 is 6.18 Å². The maximum Gasteiger partial charge on any atom is 0.421 e. The Hall–Kier alpha value is -1.92. The summed E-state index contributed by atoms with van der Waals surface area (Å²) in [7, 11) is 0. The number of allylic oxidation sites excluding steroid dienone is 1. The molecule has 0 radical (unpaired) electrons. The Morgan fingerprint density at radius 2 is 1.86 bits per heavy atom. The van der Waals surface area contributed by atoms with Gasteiger partial charge in [-0.2, -0.15) is 24.5 Å². The smallest absolute Gasteiger partial charge is 0.376 e. The molecule has 0 saturated heterocycles. The number of ketones is 1. The largest absolute Gasteiger partial charge is 0.421 e. The van der Waals surface area contributed by atoms with Gasteiger partial charge in [0.25, 0.3) is 0 Å². The van der Waals surface area contributed by atoms with Crippen LogP contribution < -0.4 is 0 Å². The minimum absolute atomic E-state index is 0.347. The van der Waals surface area contributed by atoms with Gasteiger partial charge in [-0.25, -0.2) is 0 Å². The highest BCUT2D eigenvalue weighted by Crippen LogP contribution is 2.41. The zero-order valence-corrected chi connectivity index (χ0v) is 12.2. The molecule has 2 nitrogen and oxygen atoms in total. The van der Waals surface area contributed by atoms with E-state index in [1.807, 2.05) is 0 Å². The van der Waals surface area contributed by atoms with E-state index in [1.165, 1.54) is 29.5 Å². The van der Waals surface area contributed by atoms with E-state index in [1.54, 1.807) is 22.9 Å². The lowest BCUT2D eigenvalue weighted by Gasteiger charge is -2.30. The SMILES string of the molecule is O=C(/C=C/c1ccsc1)C[C@](O)(c1ccccc1)C(F)(F)F. The number of hydrogen-bond acceptors (Lipinski definition) is 3. The van der Waals surface area contributed by atoms with Crippen LogP contribution >= 0.6 is 11.3 Å². The molecule has 0 aliphatic heterocycles. The minimum Gasteiger partial charge on any atom is -0.376 e. The lowest BCUT2D eigenvalue weighted by Crippen LogP contribution is -2.43. The van der Waals surface area contributed by atoms with Crippen LogP contribution in [0, 0.1) is 0 Å². The van der Waals surface area contributed by atoms with Crippen LogP contribution in [0.1, 0.15) is 17.5 Å². The Balaban J connectivity index is 2.23. The van der Waals surface area contributed by atoms with Crippen LogP contribution in [0.4, 0.5) is 13.2 Å². The van der Waals surface area contributed by atoms with Gasteiger partial charge in [0.15, 0.2) is 11.4 Å².